The van der Waals surface area contributed by atoms with Crippen molar-refractivity contribution >= 4 is 29.1 Å². The molecule has 3 rings (SSSR count). The van der Waals surface area contributed by atoms with Crippen molar-refractivity contribution in [2.45, 2.75) is 13.3 Å². The SMILES string of the molecule is C=C(Nc1ncn(C)c1C(=N)N1CCCOCC1)c1ccc(NC(=O)NCC)cc1. The third-order valence-electron chi connectivity index (χ3n) is 4.80. The van der Waals surface area contributed by atoms with Crippen LogP contribution in [0.25, 0.3) is 5.70 Å². The van der Waals surface area contributed by atoms with Crippen LogP contribution < -0.4 is 16.0 Å². The number of ether oxygens (including phenoxy) is 1. The van der Waals surface area contributed by atoms with Crippen LogP contribution in [0.1, 0.15) is 24.6 Å². The van der Waals surface area contributed by atoms with Crippen molar-refractivity contribution in [3.05, 3.63) is 48.4 Å². The summed E-state index contributed by atoms with van der Waals surface area (Å²) in [6, 6.07) is 7.14. The lowest BCUT2D eigenvalue weighted by molar-refractivity contribution is 0.147. The first-order chi connectivity index (χ1) is 14.5. The predicted octanol–water partition coefficient (Wildman–Crippen LogP) is 2.69. The molecular formula is C21H29N7O2. The molecule has 2 amide bonds. The number of hydrogen-bond donors (Lipinski definition) is 4. The first-order valence-corrected chi connectivity index (χ1v) is 10.0. The number of urea groups is 1. The van der Waals surface area contributed by atoms with Crippen LogP contribution in [-0.4, -0.2) is 59.2 Å². The fourth-order valence-electron chi connectivity index (χ4n) is 3.23. The highest BCUT2D eigenvalue weighted by Gasteiger charge is 2.21. The van der Waals surface area contributed by atoms with Crippen LogP contribution in [-0.2, 0) is 11.8 Å². The second-order valence-electron chi connectivity index (χ2n) is 7.02. The first kappa shape index (κ1) is 21.4. The number of aromatic nitrogens is 2. The molecule has 9 heteroatoms. The van der Waals surface area contributed by atoms with Gasteiger partial charge >= 0.3 is 6.03 Å². The molecule has 1 fully saturated rings. The Labute approximate surface area is 176 Å². The van der Waals surface area contributed by atoms with Crippen LogP contribution in [0, 0.1) is 5.41 Å². The number of rotatable bonds is 6. The van der Waals surface area contributed by atoms with Gasteiger partial charge in [-0.1, -0.05) is 18.7 Å². The number of nitrogens with one attached hydrogen (secondary N) is 4. The molecule has 1 aromatic heterocycles. The van der Waals surface area contributed by atoms with E-state index in [-0.39, 0.29) is 6.03 Å². The number of aryl methyl sites for hydroxylation is 1. The second-order valence-corrected chi connectivity index (χ2v) is 7.02. The minimum absolute atomic E-state index is 0.238. The maximum Gasteiger partial charge on any atom is 0.319 e. The van der Waals surface area contributed by atoms with Crippen molar-refractivity contribution in [1.82, 2.24) is 19.8 Å². The highest BCUT2D eigenvalue weighted by Crippen LogP contribution is 2.22. The fraction of sp³-hybridized carbons (Fsp3) is 0.381. The molecule has 0 radical (unpaired) electrons. The number of carbonyl (C=O) groups is 1. The summed E-state index contributed by atoms with van der Waals surface area (Å²) in [6.45, 7) is 9.35. The van der Waals surface area contributed by atoms with Crippen molar-refractivity contribution in [1.29, 1.82) is 5.41 Å². The summed E-state index contributed by atoms with van der Waals surface area (Å²) < 4.78 is 7.34. The van der Waals surface area contributed by atoms with Crippen molar-refractivity contribution in [2.24, 2.45) is 7.05 Å². The van der Waals surface area contributed by atoms with E-state index >= 15 is 0 Å². The minimum Gasteiger partial charge on any atom is -0.380 e. The zero-order valence-corrected chi connectivity index (χ0v) is 17.5. The molecule has 1 aliphatic rings. The lowest BCUT2D eigenvalue weighted by Gasteiger charge is -2.23. The highest BCUT2D eigenvalue weighted by atomic mass is 16.5. The third kappa shape index (κ3) is 5.18. The molecule has 0 atom stereocenters. The summed E-state index contributed by atoms with van der Waals surface area (Å²) >= 11 is 0. The number of amides is 2. The Hall–Kier alpha value is -3.33. The monoisotopic (exact) mass is 411 g/mol. The predicted molar refractivity (Wildman–Crippen MR) is 119 cm³/mol. The molecule has 0 bridgehead atoms. The van der Waals surface area contributed by atoms with E-state index in [4.69, 9.17) is 10.1 Å². The van der Waals surface area contributed by atoms with Gasteiger partial charge in [0.25, 0.3) is 0 Å². The molecule has 0 spiro atoms. The number of hydrogen-bond acceptors (Lipinski definition) is 5. The topological polar surface area (TPSA) is 107 Å². The average Bonchev–Trinajstić information content (AvgIpc) is 2.93. The van der Waals surface area contributed by atoms with E-state index in [0.29, 0.717) is 48.4 Å². The Morgan fingerprint density at radius 2 is 2.00 bits per heavy atom. The molecule has 0 unspecified atom stereocenters. The van der Waals surface area contributed by atoms with Crippen LogP contribution in [0.3, 0.4) is 0 Å². The maximum absolute atomic E-state index is 11.6. The van der Waals surface area contributed by atoms with E-state index in [2.05, 4.69) is 27.5 Å². The molecule has 0 aliphatic carbocycles. The lowest BCUT2D eigenvalue weighted by atomic mass is 10.1. The fourth-order valence-corrected chi connectivity index (χ4v) is 3.23. The van der Waals surface area contributed by atoms with E-state index in [0.717, 1.165) is 25.1 Å². The summed E-state index contributed by atoms with van der Waals surface area (Å²) in [7, 11) is 1.88. The molecule has 4 N–H and O–H groups in total. The molecule has 1 saturated heterocycles. The Kier molecular flexibility index (Phi) is 7.08. The Morgan fingerprint density at radius 1 is 1.23 bits per heavy atom. The molecule has 160 valence electrons. The van der Waals surface area contributed by atoms with Gasteiger partial charge in [-0.25, -0.2) is 9.78 Å². The van der Waals surface area contributed by atoms with Crippen LogP contribution in [0.2, 0.25) is 0 Å². The average molecular weight is 412 g/mol. The standard InChI is InChI=1S/C21H29N7O2/c1-4-23-21(29)26-17-8-6-16(7-9-17)15(2)25-20-18(27(3)14-24-20)19(22)28-10-5-12-30-13-11-28/h6-9,14,22,25H,2,4-5,10-13H2,1,3H3,(H2,23,26,29). The van der Waals surface area contributed by atoms with Gasteiger partial charge in [-0.3, -0.25) is 5.41 Å². The van der Waals surface area contributed by atoms with Crippen LogP contribution >= 0.6 is 0 Å². The van der Waals surface area contributed by atoms with Gasteiger partial charge in [0.2, 0.25) is 0 Å². The molecular weight excluding hydrogens is 382 g/mol. The van der Waals surface area contributed by atoms with Gasteiger partial charge in [0.15, 0.2) is 5.82 Å². The van der Waals surface area contributed by atoms with Crippen molar-refractivity contribution in [3.8, 4) is 0 Å². The number of amidine groups is 1. The molecule has 1 aromatic carbocycles. The van der Waals surface area contributed by atoms with E-state index < -0.39 is 0 Å². The minimum atomic E-state index is -0.238. The van der Waals surface area contributed by atoms with Crippen LogP contribution in [0.4, 0.5) is 16.3 Å². The number of carbonyl (C=O) groups excluding carboxylic acids is 1. The highest BCUT2D eigenvalue weighted by molar-refractivity contribution is 6.00. The smallest absolute Gasteiger partial charge is 0.319 e. The molecule has 30 heavy (non-hydrogen) atoms. The molecule has 9 nitrogen and oxygen atoms in total. The van der Waals surface area contributed by atoms with Gasteiger partial charge in [-0.05, 0) is 31.0 Å². The Balaban J connectivity index is 1.70. The van der Waals surface area contributed by atoms with Crippen molar-refractivity contribution in [3.63, 3.8) is 0 Å². The van der Waals surface area contributed by atoms with Gasteiger partial charge in [0.1, 0.15) is 11.5 Å². The largest absolute Gasteiger partial charge is 0.380 e. The summed E-state index contributed by atoms with van der Waals surface area (Å²) in [5.74, 6) is 1.000. The number of benzene rings is 1. The Bertz CT molecular complexity index is 897. The van der Waals surface area contributed by atoms with E-state index in [1.54, 1.807) is 6.33 Å². The van der Waals surface area contributed by atoms with E-state index in [1.165, 1.54) is 0 Å². The van der Waals surface area contributed by atoms with Crippen molar-refractivity contribution < 1.29 is 9.53 Å². The zero-order chi connectivity index (χ0) is 21.5. The maximum atomic E-state index is 11.6. The van der Waals surface area contributed by atoms with Gasteiger partial charge < -0.3 is 30.2 Å². The molecule has 2 aromatic rings. The van der Waals surface area contributed by atoms with Gasteiger partial charge in [-0.15, -0.1) is 0 Å². The van der Waals surface area contributed by atoms with Gasteiger partial charge in [0, 0.05) is 44.7 Å². The lowest BCUT2D eigenvalue weighted by Crippen LogP contribution is -2.34. The summed E-state index contributed by atoms with van der Waals surface area (Å²) in [6.07, 6.45) is 2.58. The normalized spacial score (nSPS) is 14.0. The summed E-state index contributed by atoms with van der Waals surface area (Å²) in [5, 5.41) is 17.4. The van der Waals surface area contributed by atoms with Gasteiger partial charge in [-0.2, -0.15) is 0 Å². The van der Waals surface area contributed by atoms with Crippen LogP contribution in [0.15, 0.2) is 37.2 Å². The third-order valence-corrected chi connectivity index (χ3v) is 4.80. The Morgan fingerprint density at radius 3 is 2.73 bits per heavy atom. The number of anilines is 2. The van der Waals surface area contributed by atoms with Crippen LogP contribution in [0.5, 0.6) is 0 Å². The van der Waals surface area contributed by atoms with E-state index in [9.17, 15) is 4.79 Å². The second kappa shape index (κ2) is 9.93. The number of imidazole rings is 1. The van der Waals surface area contributed by atoms with E-state index in [1.807, 2.05) is 47.7 Å². The summed E-state index contributed by atoms with van der Waals surface area (Å²) in [4.78, 5) is 18.1. The van der Waals surface area contributed by atoms with Crippen molar-refractivity contribution in [2.75, 3.05) is 43.5 Å². The first-order valence-electron chi connectivity index (χ1n) is 10.0. The van der Waals surface area contributed by atoms with Gasteiger partial charge in [0.05, 0.1) is 12.9 Å². The summed E-state index contributed by atoms with van der Waals surface area (Å²) in [5.41, 5.74) is 2.92. The number of nitrogens with zero attached hydrogens (tertiary/aromatic N) is 3. The molecule has 2 heterocycles. The quantitative estimate of drug-likeness (QED) is 0.432. The zero-order valence-electron chi connectivity index (χ0n) is 17.5. The molecule has 0 saturated carbocycles. The molecule has 1 aliphatic heterocycles.